The molecule has 1 aromatic heterocycles. The van der Waals surface area contributed by atoms with Crippen molar-refractivity contribution < 1.29 is 13.9 Å². The quantitative estimate of drug-likeness (QED) is 0.579. The van der Waals surface area contributed by atoms with Gasteiger partial charge in [0, 0.05) is 14.5 Å². The Morgan fingerprint density at radius 3 is 2.60 bits per heavy atom. The summed E-state index contributed by atoms with van der Waals surface area (Å²) in [4.78, 5) is 16.3. The Bertz CT molecular complexity index is 641. The number of rotatable bonds is 2. The van der Waals surface area contributed by atoms with Crippen molar-refractivity contribution in [3.8, 4) is 11.5 Å². The van der Waals surface area contributed by atoms with Gasteiger partial charge in [0.2, 0.25) is 11.7 Å². The summed E-state index contributed by atoms with van der Waals surface area (Å²) < 4.78 is 11.5. The van der Waals surface area contributed by atoms with E-state index in [0.29, 0.717) is 11.6 Å². The summed E-state index contributed by atoms with van der Waals surface area (Å²) in [6.45, 7) is 5.95. The Kier molecular flexibility index (Phi) is 4.17. The summed E-state index contributed by atoms with van der Waals surface area (Å²) in [5.41, 5.74) is 1.16. The number of halogens is 1. The fraction of sp³-hybridized carbons (Fsp3) is 0.333. The lowest BCUT2D eigenvalue weighted by Gasteiger charge is -2.15. The molecular formula is C15H16INO3. The van der Waals surface area contributed by atoms with E-state index in [-0.39, 0.29) is 11.2 Å². The number of ether oxygens (including phenoxy) is 1. The van der Waals surface area contributed by atoms with Gasteiger partial charge in [-0.3, -0.25) is 0 Å². The molecule has 1 aromatic carbocycles. The largest absolute Gasteiger partial charge is 0.463 e. The molecule has 0 radical (unpaired) electrons. The second-order valence-corrected chi connectivity index (χ2v) is 6.69. The number of carbonyl (C=O) groups excluding carboxylic acids is 1. The molecule has 0 saturated carbocycles. The van der Waals surface area contributed by atoms with E-state index in [1.807, 2.05) is 45.0 Å². The van der Waals surface area contributed by atoms with E-state index in [2.05, 4.69) is 27.6 Å². The van der Waals surface area contributed by atoms with Crippen molar-refractivity contribution in [1.82, 2.24) is 4.98 Å². The first kappa shape index (κ1) is 15.0. The third-order valence-electron chi connectivity index (χ3n) is 2.78. The van der Waals surface area contributed by atoms with Crippen LogP contribution in [0, 0.1) is 3.57 Å². The van der Waals surface area contributed by atoms with E-state index in [4.69, 9.17) is 9.15 Å². The molecule has 20 heavy (non-hydrogen) atoms. The Hall–Kier alpha value is -1.37. The molecule has 0 bridgehead atoms. The highest BCUT2D eigenvalue weighted by atomic mass is 127. The monoisotopic (exact) mass is 385 g/mol. The summed E-state index contributed by atoms with van der Waals surface area (Å²) in [7, 11) is 1.34. The van der Waals surface area contributed by atoms with Crippen LogP contribution in [-0.4, -0.2) is 18.1 Å². The molecule has 0 amide bonds. The molecule has 1 heterocycles. The number of nitrogens with zero attached hydrogens (tertiary/aromatic N) is 1. The number of methoxy groups -OCH3 is 1. The molecule has 0 aliphatic rings. The van der Waals surface area contributed by atoms with Gasteiger partial charge < -0.3 is 9.15 Å². The highest BCUT2D eigenvalue weighted by molar-refractivity contribution is 14.1. The zero-order chi connectivity index (χ0) is 14.9. The first-order valence-electron chi connectivity index (χ1n) is 6.18. The lowest BCUT2D eigenvalue weighted by atomic mass is 9.91. The Balaban J connectivity index is 2.57. The Morgan fingerprint density at radius 1 is 1.35 bits per heavy atom. The van der Waals surface area contributed by atoms with Crippen molar-refractivity contribution in [3.63, 3.8) is 0 Å². The first-order chi connectivity index (χ1) is 9.32. The summed E-state index contributed by atoms with van der Waals surface area (Å²) in [6, 6.07) is 7.77. The maximum atomic E-state index is 11.8. The summed E-state index contributed by atoms with van der Waals surface area (Å²) in [5, 5.41) is 0. The number of aromatic nitrogens is 1. The third-order valence-corrected chi connectivity index (χ3v) is 3.45. The van der Waals surface area contributed by atoms with Gasteiger partial charge in [0.1, 0.15) is 5.69 Å². The van der Waals surface area contributed by atoms with E-state index in [1.54, 1.807) is 0 Å². The highest BCUT2D eigenvalue weighted by Gasteiger charge is 2.29. The number of hydrogen-bond donors (Lipinski definition) is 0. The minimum atomic E-state index is -0.501. The average Bonchev–Trinajstić information content (AvgIpc) is 2.82. The van der Waals surface area contributed by atoms with E-state index in [9.17, 15) is 4.79 Å². The lowest BCUT2D eigenvalue weighted by molar-refractivity contribution is 0.0562. The maximum absolute atomic E-state index is 11.8. The normalized spacial score (nSPS) is 11.4. The van der Waals surface area contributed by atoms with Crippen molar-refractivity contribution in [2.75, 3.05) is 7.11 Å². The van der Waals surface area contributed by atoms with Gasteiger partial charge in [-0.25, -0.2) is 9.78 Å². The molecule has 0 fully saturated rings. The van der Waals surface area contributed by atoms with Gasteiger partial charge >= 0.3 is 5.97 Å². The fourth-order valence-corrected chi connectivity index (χ4v) is 2.35. The fourth-order valence-electron chi connectivity index (χ4n) is 1.80. The second kappa shape index (κ2) is 5.55. The van der Waals surface area contributed by atoms with Crippen LogP contribution in [0.25, 0.3) is 11.5 Å². The van der Waals surface area contributed by atoms with Crippen molar-refractivity contribution in [2.24, 2.45) is 0 Å². The zero-order valence-corrected chi connectivity index (χ0v) is 14.0. The minimum absolute atomic E-state index is 0.175. The smallest absolute Gasteiger partial charge is 0.376 e. The molecular weight excluding hydrogens is 369 g/mol. The van der Waals surface area contributed by atoms with Crippen molar-refractivity contribution in [2.45, 2.75) is 26.2 Å². The second-order valence-electron chi connectivity index (χ2n) is 5.45. The first-order valence-corrected chi connectivity index (χ1v) is 7.26. The molecule has 2 rings (SSSR count). The molecule has 2 aromatic rings. The number of benzene rings is 1. The van der Waals surface area contributed by atoms with Crippen LogP contribution in [0.15, 0.2) is 28.7 Å². The maximum Gasteiger partial charge on any atom is 0.376 e. The molecule has 106 valence electrons. The van der Waals surface area contributed by atoms with Gasteiger partial charge in [-0.15, -0.1) is 0 Å². The molecule has 4 nitrogen and oxygen atoms in total. The van der Waals surface area contributed by atoms with Gasteiger partial charge in [0.15, 0.2) is 0 Å². The number of oxazole rings is 1. The highest BCUT2D eigenvalue weighted by Crippen LogP contribution is 2.31. The van der Waals surface area contributed by atoms with Crippen molar-refractivity contribution in [1.29, 1.82) is 0 Å². The van der Waals surface area contributed by atoms with Gasteiger partial charge in [-0.2, -0.15) is 0 Å². The van der Waals surface area contributed by atoms with Crippen molar-refractivity contribution in [3.05, 3.63) is 39.3 Å². The molecule has 0 atom stereocenters. The van der Waals surface area contributed by atoms with Crippen LogP contribution in [0.1, 0.15) is 37.0 Å². The van der Waals surface area contributed by atoms with Crippen LogP contribution in [0.5, 0.6) is 0 Å². The van der Waals surface area contributed by atoms with E-state index >= 15 is 0 Å². The van der Waals surface area contributed by atoms with Crippen molar-refractivity contribution >= 4 is 28.6 Å². The van der Waals surface area contributed by atoms with Crippen LogP contribution in [0.4, 0.5) is 0 Å². The number of hydrogen-bond acceptors (Lipinski definition) is 4. The topological polar surface area (TPSA) is 52.3 Å². The number of esters is 1. The van der Waals surface area contributed by atoms with Crippen LogP contribution in [-0.2, 0) is 10.2 Å². The summed E-state index contributed by atoms with van der Waals surface area (Å²) in [5.74, 6) is 0.113. The molecule has 0 N–H and O–H groups in total. The van der Waals surface area contributed by atoms with Gasteiger partial charge in [0.05, 0.1) is 7.11 Å². The Morgan fingerprint density at radius 2 is 2.05 bits per heavy atom. The molecule has 0 spiro atoms. The molecule has 5 heteroatoms. The third kappa shape index (κ3) is 3.03. The SMILES string of the molecule is COC(=O)c1oc(-c2cccc(I)c2)nc1C(C)(C)C. The van der Waals surface area contributed by atoms with Crippen LogP contribution >= 0.6 is 22.6 Å². The van der Waals surface area contributed by atoms with E-state index in [0.717, 1.165) is 9.13 Å². The van der Waals surface area contributed by atoms with Crippen LogP contribution in [0.3, 0.4) is 0 Å². The van der Waals surface area contributed by atoms with E-state index in [1.165, 1.54) is 7.11 Å². The molecule has 0 unspecified atom stereocenters. The van der Waals surface area contributed by atoms with Gasteiger partial charge in [-0.05, 0) is 40.8 Å². The van der Waals surface area contributed by atoms with Crippen LogP contribution < -0.4 is 0 Å². The standard InChI is InChI=1S/C15H16INO3/c1-15(2,3)12-11(14(18)19-4)20-13(17-12)9-6-5-7-10(16)8-9/h5-8H,1-4H3. The van der Waals surface area contributed by atoms with Crippen LogP contribution in [0.2, 0.25) is 0 Å². The van der Waals surface area contributed by atoms with Gasteiger partial charge in [0.25, 0.3) is 0 Å². The Labute approximate surface area is 131 Å². The number of carbonyl (C=O) groups is 1. The summed E-state index contributed by atoms with van der Waals surface area (Å²) in [6.07, 6.45) is 0. The average molecular weight is 385 g/mol. The summed E-state index contributed by atoms with van der Waals surface area (Å²) >= 11 is 2.22. The molecule has 0 saturated heterocycles. The predicted octanol–water partition coefficient (Wildman–Crippen LogP) is 4.03. The predicted molar refractivity (Wildman–Crippen MR) is 84.7 cm³/mol. The molecule has 0 aliphatic carbocycles. The molecule has 0 aliphatic heterocycles. The lowest BCUT2D eigenvalue weighted by Crippen LogP contribution is -2.17. The van der Waals surface area contributed by atoms with Gasteiger partial charge in [-0.1, -0.05) is 26.8 Å². The van der Waals surface area contributed by atoms with E-state index < -0.39 is 5.97 Å². The minimum Gasteiger partial charge on any atom is -0.463 e. The zero-order valence-electron chi connectivity index (χ0n) is 11.9.